The Morgan fingerprint density at radius 1 is 1.54 bits per heavy atom. The summed E-state index contributed by atoms with van der Waals surface area (Å²) in [4.78, 5) is 10.3. The molecule has 1 nitrogen and oxygen atoms in total. The molecule has 0 saturated carbocycles. The van der Waals surface area contributed by atoms with Crippen LogP contribution in [-0.2, 0) is 11.2 Å². The van der Waals surface area contributed by atoms with E-state index in [-0.39, 0.29) is 0 Å². The summed E-state index contributed by atoms with van der Waals surface area (Å²) in [6.45, 7) is 0. The molecule has 70 valence electrons. The van der Waals surface area contributed by atoms with Gasteiger partial charge in [-0.1, -0.05) is 17.7 Å². The highest BCUT2D eigenvalue weighted by Gasteiger charge is 2.05. The minimum absolute atomic E-state index is 0.465. The van der Waals surface area contributed by atoms with Crippen LogP contribution in [0, 0.1) is 0 Å². The molecule has 0 aliphatic heterocycles. The zero-order valence-electron chi connectivity index (χ0n) is 6.64. The van der Waals surface area contributed by atoms with E-state index in [1.807, 2.05) is 12.1 Å². The molecule has 0 saturated heterocycles. The average molecular weight is 282 g/mol. The number of aldehydes is 1. The van der Waals surface area contributed by atoms with Crippen molar-refractivity contribution in [3.05, 3.63) is 33.3 Å². The smallest absolute Gasteiger partial charge is 0.138 e. The van der Waals surface area contributed by atoms with E-state index in [9.17, 15) is 4.79 Å². The Kier molecular flexibility index (Phi) is 4.23. The van der Waals surface area contributed by atoms with Crippen LogP contribution in [0.5, 0.6) is 0 Å². The Morgan fingerprint density at radius 2 is 2.23 bits per heavy atom. The number of carbonyl (C=O) groups is 1. The van der Waals surface area contributed by atoms with Gasteiger partial charge in [0.25, 0.3) is 0 Å². The molecule has 0 heterocycles. The lowest BCUT2D eigenvalue weighted by Crippen LogP contribution is -2.03. The predicted octanol–water partition coefficient (Wildman–Crippen LogP) is 3.45. The Morgan fingerprint density at radius 3 is 2.77 bits per heavy atom. The first-order valence-electron chi connectivity index (χ1n) is 3.67. The number of carbonyl (C=O) groups excluding carboxylic acids is 1. The summed E-state index contributed by atoms with van der Waals surface area (Å²) in [5, 5.41) is 0.189. The maximum Gasteiger partial charge on any atom is 0.138 e. The van der Waals surface area contributed by atoms with Gasteiger partial charge in [0.1, 0.15) is 6.29 Å². The van der Waals surface area contributed by atoms with E-state index in [1.165, 1.54) is 0 Å². The highest BCUT2D eigenvalue weighted by atomic mass is 79.9. The van der Waals surface area contributed by atoms with Crippen LogP contribution in [0.4, 0.5) is 0 Å². The Balaban J connectivity index is 2.79. The van der Waals surface area contributed by atoms with Gasteiger partial charge in [-0.05, 0) is 40.0 Å². The molecular formula is C9H7BrCl2O. The lowest BCUT2D eigenvalue weighted by molar-refractivity contribution is -0.107. The summed E-state index contributed by atoms with van der Waals surface area (Å²) in [5.74, 6) is 0. The van der Waals surface area contributed by atoms with E-state index in [4.69, 9.17) is 23.2 Å². The molecule has 4 heteroatoms. The standard InChI is InChI=1S/C9H7BrCl2O/c10-8-4-6(1-2-9(8)12)3-7(11)5-13/h1-2,4-5,7H,3H2. The molecule has 1 unspecified atom stereocenters. The van der Waals surface area contributed by atoms with Crippen molar-refractivity contribution in [2.45, 2.75) is 11.8 Å². The SMILES string of the molecule is O=CC(Cl)Cc1ccc(Cl)c(Br)c1. The molecule has 0 aliphatic carbocycles. The summed E-state index contributed by atoms with van der Waals surface area (Å²) in [6.07, 6.45) is 1.25. The fourth-order valence-electron chi connectivity index (χ4n) is 0.940. The van der Waals surface area contributed by atoms with Gasteiger partial charge in [0.05, 0.1) is 10.4 Å². The monoisotopic (exact) mass is 280 g/mol. The van der Waals surface area contributed by atoms with Gasteiger partial charge in [-0.3, -0.25) is 0 Å². The zero-order valence-corrected chi connectivity index (χ0v) is 9.73. The Labute approximate surface area is 95.2 Å². The normalized spacial score (nSPS) is 12.5. The van der Waals surface area contributed by atoms with E-state index < -0.39 is 5.38 Å². The largest absolute Gasteiger partial charge is 0.302 e. The third kappa shape index (κ3) is 3.29. The van der Waals surface area contributed by atoms with Gasteiger partial charge in [-0.2, -0.15) is 0 Å². The molecule has 0 aliphatic rings. The van der Waals surface area contributed by atoms with Gasteiger partial charge in [0.2, 0.25) is 0 Å². The fourth-order valence-corrected chi connectivity index (χ4v) is 1.66. The van der Waals surface area contributed by atoms with Crippen LogP contribution < -0.4 is 0 Å². The van der Waals surface area contributed by atoms with Gasteiger partial charge in [-0.25, -0.2) is 0 Å². The minimum Gasteiger partial charge on any atom is -0.302 e. The molecule has 1 aromatic carbocycles. The van der Waals surface area contributed by atoms with Crippen LogP contribution in [0.3, 0.4) is 0 Å². The van der Waals surface area contributed by atoms with E-state index in [0.29, 0.717) is 11.4 Å². The molecule has 0 radical (unpaired) electrons. The van der Waals surface area contributed by atoms with Gasteiger partial charge in [-0.15, -0.1) is 11.6 Å². The van der Waals surface area contributed by atoms with Crippen molar-refractivity contribution >= 4 is 45.4 Å². The second kappa shape index (κ2) is 4.99. The number of halogens is 3. The molecule has 0 spiro atoms. The first kappa shape index (κ1) is 11.0. The molecule has 0 N–H and O–H groups in total. The van der Waals surface area contributed by atoms with Crippen molar-refractivity contribution < 1.29 is 4.79 Å². The van der Waals surface area contributed by atoms with Gasteiger partial charge < -0.3 is 4.79 Å². The van der Waals surface area contributed by atoms with Crippen LogP contribution in [0.1, 0.15) is 5.56 Å². The molecule has 0 fully saturated rings. The topological polar surface area (TPSA) is 17.1 Å². The third-order valence-electron chi connectivity index (χ3n) is 1.56. The minimum atomic E-state index is -0.465. The number of alkyl halides is 1. The molecule has 13 heavy (non-hydrogen) atoms. The van der Waals surface area contributed by atoms with Crippen LogP contribution in [0.25, 0.3) is 0 Å². The summed E-state index contributed by atoms with van der Waals surface area (Å²) < 4.78 is 0.821. The van der Waals surface area contributed by atoms with Crippen molar-refractivity contribution in [2.24, 2.45) is 0 Å². The molecule has 1 aromatic rings. The summed E-state index contributed by atoms with van der Waals surface area (Å²) in [6, 6.07) is 5.49. The van der Waals surface area contributed by atoms with Crippen LogP contribution in [-0.4, -0.2) is 11.7 Å². The molecule has 0 bridgehead atoms. The fraction of sp³-hybridized carbons (Fsp3) is 0.222. The average Bonchev–Trinajstić information content (AvgIpc) is 2.11. The second-order valence-electron chi connectivity index (χ2n) is 2.60. The number of hydrogen-bond acceptors (Lipinski definition) is 1. The summed E-state index contributed by atoms with van der Waals surface area (Å²) in [5.41, 5.74) is 0.989. The van der Waals surface area contributed by atoms with Crippen LogP contribution in [0.15, 0.2) is 22.7 Å². The molecule has 0 amide bonds. The third-order valence-corrected chi connectivity index (χ3v) is 3.03. The highest BCUT2D eigenvalue weighted by Crippen LogP contribution is 2.24. The molecular weight excluding hydrogens is 275 g/mol. The number of benzene rings is 1. The molecule has 1 rings (SSSR count). The number of hydrogen-bond donors (Lipinski definition) is 0. The van der Waals surface area contributed by atoms with E-state index >= 15 is 0 Å². The van der Waals surface area contributed by atoms with Gasteiger partial charge in [0.15, 0.2) is 0 Å². The lowest BCUT2D eigenvalue weighted by Gasteiger charge is -2.03. The summed E-state index contributed by atoms with van der Waals surface area (Å²) in [7, 11) is 0. The molecule has 0 aromatic heterocycles. The van der Waals surface area contributed by atoms with E-state index in [2.05, 4.69) is 15.9 Å². The summed E-state index contributed by atoms with van der Waals surface area (Å²) >= 11 is 14.8. The van der Waals surface area contributed by atoms with Crippen molar-refractivity contribution in [3.8, 4) is 0 Å². The van der Waals surface area contributed by atoms with Crippen molar-refractivity contribution in [3.63, 3.8) is 0 Å². The van der Waals surface area contributed by atoms with Gasteiger partial charge >= 0.3 is 0 Å². The first-order chi connectivity index (χ1) is 6.13. The maximum absolute atomic E-state index is 10.3. The Hall–Kier alpha value is -0.0500. The van der Waals surface area contributed by atoms with Crippen molar-refractivity contribution in [2.75, 3.05) is 0 Å². The highest BCUT2D eigenvalue weighted by molar-refractivity contribution is 9.10. The van der Waals surface area contributed by atoms with Crippen molar-refractivity contribution in [1.29, 1.82) is 0 Å². The van der Waals surface area contributed by atoms with Crippen LogP contribution >= 0.6 is 39.1 Å². The van der Waals surface area contributed by atoms with E-state index in [1.54, 1.807) is 6.07 Å². The quantitative estimate of drug-likeness (QED) is 0.613. The second-order valence-corrected chi connectivity index (χ2v) is 4.43. The zero-order chi connectivity index (χ0) is 9.84. The van der Waals surface area contributed by atoms with Crippen molar-refractivity contribution in [1.82, 2.24) is 0 Å². The predicted molar refractivity (Wildman–Crippen MR) is 58.6 cm³/mol. The van der Waals surface area contributed by atoms with Crippen LogP contribution in [0.2, 0.25) is 5.02 Å². The maximum atomic E-state index is 10.3. The van der Waals surface area contributed by atoms with Gasteiger partial charge in [0, 0.05) is 4.47 Å². The van der Waals surface area contributed by atoms with E-state index in [0.717, 1.165) is 16.3 Å². The first-order valence-corrected chi connectivity index (χ1v) is 5.27. The number of rotatable bonds is 3. The Bertz CT molecular complexity index is 314. The lowest BCUT2D eigenvalue weighted by atomic mass is 10.1. The molecule has 1 atom stereocenters.